The van der Waals surface area contributed by atoms with Gasteiger partial charge in [0.15, 0.2) is 0 Å². The van der Waals surface area contributed by atoms with Crippen molar-refractivity contribution >= 4 is 17.9 Å². The average molecular weight is 501 g/mol. The van der Waals surface area contributed by atoms with Crippen LogP contribution in [-0.2, 0) is 14.3 Å². The van der Waals surface area contributed by atoms with Crippen LogP contribution in [-0.4, -0.2) is 69.5 Å². The van der Waals surface area contributed by atoms with E-state index in [0.717, 1.165) is 36.9 Å². The largest absolute Gasteiger partial charge is 0.444 e. The summed E-state index contributed by atoms with van der Waals surface area (Å²) in [6, 6.07) is 2.41. The summed E-state index contributed by atoms with van der Waals surface area (Å²) in [7, 11) is 0. The molecule has 0 saturated carbocycles. The highest BCUT2D eigenvalue weighted by Crippen LogP contribution is 2.36. The fourth-order valence-corrected chi connectivity index (χ4v) is 6.07. The topological polar surface area (TPSA) is 112 Å². The number of rotatable bonds is 3. The van der Waals surface area contributed by atoms with Crippen molar-refractivity contribution in [2.24, 2.45) is 5.92 Å². The molecular weight excluding hydrogens is 460 g/mol. The van der Waals surface area contributed by atoms with Crippen LogP contribution in [0.5, 0.6) is 0 Å². The Balaban J connectivity index is 1.49. The highest BCUT2D eigenvalue weighted by molar-refractivity contribution is 5.92. The molecule has 3 saturated heterocycles. The molecule has 198 valence electrons. The number of ether oxygens (including phenoxy) is 1. The third kappa shape index (κ3) is 5.76. The SMILES string of the molecule is Cc1cc([C@@H]2CN(C(=O)[C@@H]3CC[C@@H]4CCCC[C@H](NC(=O)OC(C)(C)C)C(=O)N43)C[C@H]2C)cc(=O)[nH]1. The maximum Gasteiger partial charge on any atom is 0.408 e. The lowest BCUT2D eigenvalue weighted by molar-refractivity contribution is -0.146. The number of nitrogens with zero attached hydrogens (tertiary/aromatic N) is 2. The van der Waals surface area contributed by atoms with Crippen molar-refractivity contribution in [1.82, 2.24) is 20.1 Å². The van der Waals surface area contributed by atoms with Crippen LogP contribution in [0.4, 0.5) is 4.79 Å². The molecule has 0 radical (unpaired) electrons. The Hall–Kier alpha value is -2.84. The number of aromatic amines is 1. The summed E-state index contributed by atoms with van der Waals surface area (Å²) >= 11 is 0. The molecule has 0 spiro atoms. The van der Waals surface area contributed by atoms with Gasteiger partial charge in [0.25, 0.3) is 0 Å². The number of aromatic nitrogens is 1. The molecular formula is C27H40N4O5. The van der Waals surface area contributed by atoms with Gasteiger partial charge in [0, 0.05) is 36.8 Å². The van der Waals surface area contributed by atoms with Crippen LogP contribution in [0.25, 0.3) is 0 Å². The van der Waals surface area contributed by atoms with Crippen LogP contribution in [0.3, 0.4) is 0 Å². The number of carbonyl (C=O) groups is 3. The van der Waals surface area contributed by atoms with E-state index in [-0.39, 0.29) is 35.3 Å². The third-order valence-corrected chi connectivity index (χ3v) is 7.66. The number of hydrogen-bond acceptors (Lipinski definition) is 5. The number of carbonyl (C=O) groups excluding carboxylic acids is 3. The number of pyridine rings is 1. The molecule has 0 aliphatic carbocycles. The van der Waals surface area contributed by atoms with Gasteiger partial charge in [-0.25, -0.2) is 4.79 Å². The van der Waals surface area contributed by atoms with Crippen LogP contribution in [0.15, 0.2) is 16.9 Å². The summed E-state index contributed by atoms with van der Waals surface area (Å²) in [5.41, 5.74) is 0.972. The van der Waals surface area contributed by atoms with Crippen molar-refractivity contribution in [3.05, 3.63) is 33.7 Å². The first-order valence-electron chi connectivity index (χ1n) is 13.2. The number of amides is 3. The normalized spacial score (nSPS) is 28.9. The number of alkyl carbamates (subject to hydrolysis) is 1. The minimum absolute atomic E-state index is 0.0147. The molecule has 1 aromatic heterocycles. The Kier molecular flexibility index (Phi) is 7.48. The van der Waals surface area contributed by atoms with Gasteiger partial charge in [-0.1, -0.05) is 19.8 Å². The van der Waals surface area contributed by atoms with Crippen LogP contribution in [0.1, 0.15) is 83.4 Å². The number of fused-ring (bicyclic) bond motifs is 1. The predicted octanol–water partition coefficient (Wildman–Crippen LogP) is 3.07. The molecule has 0 bridgehead atoms. The van der Waals surface area contributed by atoms with E-state index in [1.54, 1.807) is 31.7 Å². The summed E-state index contributed by atoms with van der Waals surface area (Å²) in [5.74, 6) is 0.0718. The summed E-state index contributed by atoms with van der Waals surface area (Å²) in [6.07, 6.45) is 4.02. The van der Waals surface area contributed by atoms with Crippen LogP contribution >= 0.6 is 0 Å². The van der Waals surface area contributed by atoms with Gasteiger partial charge in [-0.15, -0.1) is 0 Å². The fraction of sp³-hybridized carbons (Fsp3) is 0.704. The first-order valence-corrected chi connectivity index (χ1v) is 13.2. The van der Waals surface area contributed by atoms with Gasteiger partial charge in [-0.3, -0.25) is 14.4 Å². The van der Waals surface area contributed by atoms with Crippen molar-refractivity contribution in [2.45, 2.75) is 103 Å². The summed E-state index contributed by atoms with van der Waals surface area (Å²) < 4.78 is 5.39. The lowest BCUT2D eigenvalue weighted by atomic mass is 9.90. The molecule has 9 heteroatoms. The molecule has 3 aliphatic rings. The van der Waals surface area contributed by atoms with E-state index in [9.17, 15) is 19.2 Å². The molecule has 2 N–H and O–H groups in total. The van der Waals surface area contributed by atoms with Crippen molar-refractivity contribution in [3.8, 4) is 0 Å². The molecule has 0 aromatic carbocycles. The Morgan fingerprint density at radius 3 is 2.47 bits per heavy atom. The van der Waals surface area contributed by atoms with E-state index >= 15 is 0 Å². The van der Waals surface area contributed by atoms with Crippen LogP contribution in [0, 0.1) is 12.8 Å². The van der Waals surface area contributed by atoms with Crippen molar-refractivity contribution in [2.75, 3.05) is 13.1 Å². The van der Waals surface area contributed by atoms with E-state index in [0.29, 0.717) is 25.9 Å². The number of likely N-dealkylation sites (tertiary alicyclic amines) is 1. The van der Waals surface area contributed by atoms with Gasteiger partial charge in [-0.05, 0) is 70.9 Å². The summed E-state index contributed by atoms with van der Waals surface area (Å²) in [5, 5.41) is 2.77. The number of aryl methyl sites for hydroxylation is 1. The van der Waals surface area contributed by atoms with E-state index < -0.39 is 23.8 Å². The second-order valence-electron chi connectivity index (χ2n) is 11.8. The zero-order valence-corrected chi connectivity index (χ0v) is 22.1. The third-order valence-electron chi connectivity index (χ3n) is 7.66. The Morgan fingerprint density at radius 2 is 1.78 bits per heavy atom. The Bertz CT molecular complexity index is 1060. The van der Waals surface area contributed by atoms with Crippen molar-refractivity contribution in [1.29, 1.82) is 0 Å². The van der Waals surface area contributed by atoms with Gasteiger partial charge in [0.05, 0.1) is 0 Å². The van der Waals surface area contributed by atoms with E-state index in [2.05, 4.69) is 17.2 Å². The van der Waals surface area contributed by atoms with Gasteiger partial charge >= 0.3 is 6.09 Å². The monoisotopic (exact) mass is 500 g/mol. The van der Waals surface area contributed by atoms with Crippen LogP contribution < -0.4 is 10.9 Å². The molecule has 4 heterocycles. The first-order chi connectivity index (χ1) is 16.9. The highest BCUT2D eigenvalue weighted by Gasteiger charge is 2.47. The molecule has 1 aromatic rings. The van der Waals surface area contributed by atoms with Gasteiger partial charge in [-0.2, -0.15) is 0 Å². The van der Waals surface area contributed by atoms with E-state index in [1.165, 1.54) is 0 Å². The predicted molar refractivity (Wildman–Crippen MR) is 136 cm³/mol. The molecule has 4 rings (SSSR count). The number of H-pyrrole nitrogens is 1. The average Bonchev–Trinajstić information content (AvgIpc) is 3.35. The highest BCUT2D eigenvalue weighted by atomic mass is 16.6. The lowest BCUT2D eigenvalue weighted by Crippen LogP contribution is -2.57. The van der Waals surface area contributed by atoms with Gasteiger partial charge < -0.3 is 24.8 Å². The maximum atomic E-state index is 13.8. The lowest BCUT2D eigenvalue weighted by Gasteiger charge is -2.36. The molecule has 0 unspecified atom stereocenters. The quantitative estimate of drug-likeness (QED) is 0.663. The smallest absolute Gasteiger partial charge is 0.408 e. The minimum atomic E-state index is -0.694. The molecule has 9 nitrogen and oxygen atoms in total. The Labute approximate surface area is 212 Å². The summed E-state index contributed by atoms with van der Waals surface area (Å²) in [4.78, 5) is 58.3. The van der Waals surface area contributed by atoms with E-state index in [4.69, 9.17) is 4.74 Å². The second-order valence-corrected chi connectivity index (χ2v) is 11.8. The molecule has 36 heavy (non-hydrogen) atoms. The Morgan fingerprint density at radius 1 is 1.06 bits per heavy atom. The fourth-order valence-electron chi connectivity index (χ4n) is 6.07. The standard InChI is InChI=1S/C27H40N4O5/c1-16-14-30(15-20(16)18-12-17(2)28-23(32)13-18)25(34)22-11-10-19-8-6-7-9-21(24(33)31(19)22)29-26(35)36-27(3,4)5/h12-13,16,19-22H,6-11,14-15H2,1-5H3,(H,28,32)(H,29,35)/t16-,19+,20-,21+,22+/m1/s1. The van der Waals surface area contributed by atoms with E-state index in [1.807, 2.05) is 17.9 Å². The van der Waals surface area contributed by atoms with Crippen molar-refractivity contribution in [3.63, 3.8) is 0 Å². The van der Waals surface area contributed by atoms with Crippen molar-refractivity contribution < 1.29 is 19.1 Å². The molecule has 3 amide bonds. The maximum absolute atomic E-state index is 13.8. The first kappa shape index (κ1) is 26.2. The zero-order chi connectivity index (χ0) is 26.2. The van der Waals surface area contributed by atoms with Crippen LogP contribution in [0.2, 0.25) is 0 Å². The minimum Gasteiger partial charge on any atom is -0.444 e. The molecule has 5 atom stereocenters. The second kappa shape index (κ2) is 10.3. The van der Waals surface area contributed by atoms with Gasteiger partial charge in [0.2, 0.25) is 17.4 Å². The molecule has 3 aliphatic heterocycles. The summed E-state index contributed by atoms with van der Waals surface area (Å²) in [6.45, 7) is 10.5. The zero-order valence-electron chi connectivity index (χ0n) is 22.1. The number of nitrogens with one attached hydrogen (secondary N) is 2. The number of hydrogen-bond donors (Lipinski definition) is 2. The molecule has 3 fully saturated rings. The van der Waals surface area contributed by atoms with Gasteiger partial charge in [0.1, 0.15) is 17.7 Å².